The fourth-order valence-electron chi connectivity index (χ4n) is 6.18. The number of rotatable bonds is 10. The lowest BCUT2D eigenvalue weighted by Crippen LogP contribution is -2.47. The number of ether oxygens (including phenoxy) is 2. The van der Waals surface area contributed by atoms with Crippen LogP contribution in [0.3, 0.4) is 0 Å². The van der Waals surface area contributed by atoms with Crippen LogP contribution in [0.2, 0.25) is 0 Å². The minimum absolute atomic E-state index is 0.0592. The molecule has 2 heterocycles. The zero-order chi connectivity index (χ0) is 28.4. The van der Waals surface area contributed by atoms with Gasteiger partial charge in [0.15, 0.2) is 0 Å². The Labute approximate surface area is 244 Å². The van der Waals surface area contributed by atoms with Gasteiger partial charge in [0.2, 0.25) is 5.91 Å². The lowest BCUT2D eigenvalue weighted by atomic mass is 9.88. The highest BCUT2D eigenvalue weighted by Crippen LogP contribution is 2.31. The van der Waals surface area contributed by atoms with Crippen molar-refractivity contribution in [2.24, 2.45) is 5.92 Å². The smallest absolute Gasteiger partial charge is 0.253 e. The summed E-state index contributed by atoms with van der Waals surface area (Å²) in [4.78, 5) is 33.5. The first kappa shape index (κ1) is 29.2. The van der Waals surface area contributed by atoms with Gasteiger partial charge in [-0.15, -0.1) is 0 Å². The Morgan fingerprint density at radius 1 is 0.902 bits per heavy atom. The molecule has 2 aliphatic heterocycles. The number of benzene rings is 2. The van der Waals surface area contributed by atoms with E-state index >= 15 is 0 Å². The highest BCUT2D eigenvalue weighted by atomic mass is 16.5. The molecule has 2 N–H and O–H groups in total. The second-order valence-electron chi connectivity index (χ2n) is 11.3. The van der Waals surface area contributed by atoms with E-state index in [-0.39, 0.29) is 17.7 Å². The number of para-hydroxylation sites is 2. The molecule has 9 nitrogen and oxygen atoms in total. The third kappa shape index (κ3) is 7.71. The van der Waals surface area contributed by atoms with Crippen LogP contribution in [0, 0.1) is 5.92 Å². The summed E-state index contributed by atoms with van der Waals surface area (Å²) in [5, 5.41) is 6.26. The Kier molecular flexibility index (Phi) is 10.4. The molecule has 0 bridgehead atoms. The molecule has 3 fully saturated rings. The Hall–Kier alpha value is -3.30. The zero-order valence-corrected chi connectivity index (χ0v) is 24.4. The summed E-state index contributed by atoms with van der Waals surface area (Å²) in [7, 11) is 1.70. The third-order valence-electron chi connectivity index (χ3n) is 8.57. The van der Waals surface area contributed by atoms with E-state index < -0.39 is 0 Å². The van der Waals surface area contributed by atoms with Crippen molar-refractivity contribution in [2.75, 3.05) is 87.8 Å². The van der Waals surface area contributed by atoms with E-state index in [4.69, 9.17) is 9.47 Å². The molecule has 0 spiro atoms. The molecular formula is C32H45N5O4. The molecule has 5 rings (SSSR count). The minimum Gasteiger partial charge on any atom is -0.495 e. The zero-order valence-electron chi connectivity index (χ0n) is 24.4. The molecule has 222 valence electrons. The van der Waals surface area contributed by atoms with Gasteiger partial charge >= 0.3 is 0 Å². The summed E-state index contributed by atoms with van der Waals surface area (Å²) in [6.07, 6.45) is 6.19. The van der Waals surface area contributed by atoms with Crippen molar-refractivity contribution in [1.82, 2.24) is 10.2 Å². The monoisotopic (exact) mass is 563 g/mol. The summed E-state index contributed by atoms with van der Waals surface area (Å²) in [6, 6.07) is 13.9. The average molecular weight is 564 g/mol. The minimum atomic E-state index is -0.0945. The maximum atomic E-state index is 13.6. The number of piperazine rings is 1. The Morgan fingerprint density at radius 2 is 1.61 bits per heavy atom. The number of anilines is 3. The van der Waals surface area contributed by atoms with Gasteiger partial charge in [-0.05, 0) is 56.1 Å². The van der Waals surface area contributed by atoms with Gasteiger partial charge in [-0.1, -0.05) is 31.4 Å². The molecular weight excluding hydrogens is 518 g/mol. The molecule has 0 atom stereocenters. The summed E-state index contributed by atoms with van der Waals surface area (Å²) in [6.45, 7) is 8.20. The standard InChI is InChI=1S/C32H45N5O4/c1-40-30-11-6-5-10-29(30)37-18-16-36(17-19-37)28-13-12-26(34-31(38)25-8-3-2-4-9-25)24-27(28)32(39)33-14-7-15-35-20-22-41-23-21-35/h5-6,10-13,24-25H,2-4,7-9,14-23H2,1H3,(H,33,39)(H,34,38). The Morgan fingerprint density at radius 3 is 2.34 bits per heavy atom. The van der Waals surface area contributed by atoms with E-state index in [2.05, 4.69) is 31.4 Å². The fourth-order valence-corrected chi connectivity index (χ4v) is 6.18. The van der Waals surface area contributed by atoms with E-state index in [1.54, 1.807) is 7.11 Å². The average Bonchev–Trinajstić information content (AvgIpc) is 3.04. The second-order valence-corrected chi connectivity index (χ2v) is 11.3. The van der Waals surface area contributed by atoms with E-state index in [0.29, 0.717) is 17.8 Å². The molecule has 0 radical (unpaired) electrons. The van der Waals surface area contributed by atoms with Crippen LogP contribution >= 0.6 is 0 Å². The predicted molar refractivity (Wildman–Crippen MR) is 163 cm³/mol. The highest BCUT2D eigenvalue weighted by Gasteiger charge is 2.25. The number of amides is 2. The van der Waals surface area contributed by atoms with Crippen molar-refractivity contribution in [3.63, 3.8) is 0 Å². The topological polar surface area (TPSA) is 86.4 Å². The van der Waals surface area contributed by atoms with Gasteiger partial charge in [0.1, 0.15) is 5.75 Å². The van der Waals surface area contributed by atoms with Crippen LogP contribution in [0.1, 0.15) is 48.9 Å². The van der Waals surface area contributed by atoms with Crippen LogP contribution in [-0.4, -0.2) is 89.4 Å². The van der Waals surface area contributed by atoms with Crippen LogP contribution < -0.4 is 25.2 Å². The number of hydrogen-bond acceptors (Lipinski definition) is 7. The van der Waals surface area contributed by atoms with Gasteiger partial charge in [0.25, 0.3) is 5.91 Å². The number of hydrogen-bond donors (Lipinski definition) is 2. The van der Waals surface area contributed by atoms with Crippen LogP contribution in [0.15, 0.2) is 42.5 Å². The second kappa shape index (κ2) is 14.5. The number of nitrogens with one attached hydrogen (secondary N) is 2. The third-order valence-corrected chi connectivity index (χ3v) is 8.57. The Bertz CT molecular complexity index is 1150. The molecule has 9 heteroatoms. The molecule has 41 heavy (non-hydrogen) atoms. The largest absolute Gasteiger partial charge is 0.495 e. The number of morpholine rings is 1. The highest BCUT2D eigenvalue weighted by molar-refractivity contribution is 6.02. The number of carbonyl (C=O) groups is 2. The quantitative estimate of drug-likeness (QED) is 0.423. The molecule has 0 aromatic heterocycles. The first-order valence-corrected chi connectivity index (χ1v) is 15.3. The van der Waals surface area contributed by atoms with Crippen molar-refractivity contribution in [3.05, 3.63) is 48.0 Å². The lowest BCUT2D eigenvalue weighted by Gasteiger charge is -2.38. The van der Waals surface area contributed by atoms with Gasteiger partial charge in [-0.25, -0.2) is 0 Å². The Balaban J connectivity index is 1.26. The molecule has 1 aliphatic carbocycles. The normalized spacial score (nSPS) is 18.7. The number of methoxy groups -OCH3 is 1. The molecule has 0 unspecified atom stereocenters. The van der Waals surface area contributed by atoms with Crippen molar-refractivity contribution >= 4 is 28.9 Å². The van der Waals surface area contributed by atoms with E-state index in [0.717, 1.165) is 108 Å². The fraction of sp³-hybridized carbons (Fsp3) is 0.562. The summed E-state index contributed by atoms with van der Waals surface area (Å²) in [5.41, 5.74) is 3.30. The summed E-state index contributed by atoms with van der Waals surface area (Å²) >= 11 is 0. The van der Waals surface area contributed by atoms with E-state index in [1.807, 2.05) is 36.4 Å². The van der Waals surface area contributed by atoms with E-state index in [9.17, 15) is 9.59 Å². The van der Waals surface area contributed by atoms with Crippen LogP contribution in [0.4, 0.5) is 17.1 Å². The van der Waals surface area contributed by atoms with Crippen molar-refractivity contribution in [2.45, 2.75) is 38.5 Å². The molecule has 1 saturated carbocycles. The molecule has 2 aromatic rings. The van der Waals surface area contributed by atoms with Gasteiger partial charge < -0.3 is 29.9 Å². The van der Waals surface area contributed by atoms with Gasteiger partial charge in [-0.2, -0.15) is 0 Å². The molecule has 2 saturated heterocycles. The first-order chi connectivity index (χ1) is 20.1. The number of carbonyl (C=O) groups excluding carboxylic acids is 2. The van der Waals surface area contributed by atoms with Crippen LogP contribution in [-0.2, 0) is 9.53 Å². The SMILES string of the molecule is COc1ccccc1N1CCN(c2ccc(NC(=O)C3CCCCC3)cc2C(=O)NCCCN2CCOCC2)CC1. The maximum absolute atomic E-state index is 13.6. The van der Waals surface area contributed by atoms with Gasteiger partial charge in [0.05, 0.1) is 31.6 Å². The maximum Gasteiger partial charge on any atom is 0.253 e. The van der Waals surface area contributed by atoms with Crippen molar-refractivity contribution < 1.29 is 19.1 Å². The summed E-state index contributed by atoms with van der Waals surface area (Å²) in [5.74, 6) is 0.905. The number of nitrogens with zero attached hydrogens (tertiary/aromatic N) is 3. The molecule has 2 aromatic carbocycles. The molecule has 3 aliphatic rings. The van der Waals surface area contributed by atoms with Gasteiger partial charge in [0, 0.05) is 63.1 Å². The van der Waals surface area contributed by atoms with Crippen molar-refractivity contribution in [3.8, 4) is 5.75 Å². The van der Waals surface area contributed by atoms with Crippen LogP contribution in [0.25, 0.3) is 0 Å². The first-order valence-electron chi connectivity index (χ1n) is 15.3. The van der Waals surface area contributed by atoms with Crippen LogP contribution in [0.5, 0.6) is 5.75 Å². The van der Waals surface area contributed by atoms with E-state index in [1.165, 1.54) is 6.42 Å². The van der Waals surface area contributed by atoms with Crippen molar-refractivity contribution in [1.29, 1.82) is 0 Å². The predicted octanol–water partition coefficient (Wildman–Crippen LogP) is 3.99. The summed E-state index contributed by atoms with van der Waals surface area (Å²) < 4.78 is 11.0. The van der Waals surface area contributed by atoms with Gasteiger partial charge in [-0.3, -0.25) is 14.5 Å². The molecule has 2 amide bonds. The lowest BCUT2D eigenvalue weighted by molar-refractivity contribution is -0.120.